The molecule has 6 heteroatoms. The molecular weight excluding hydrogens is 283 g/mol. The Hall–Kier alpha value is -2.37. The van der Waals surface area contributed by atoms with Crippen LogP contribution in [0.3, 0.4) is 0 Å². The van der Waals surface area contributed by atoms with Crippen LogP contribution in [0.4, 0.5) is 13.2 Å². The number of carboxylic acids is 1. The lowest BCUT2D eigenvalue weighted by molar-refractivity contribution is -0.138. The maximum atomic E-state index is 12.5. The summed E-state index contributed by atoms with van der Waals surface area (Å²) in [6.07, 6.45) is -1.45. The number of rotatable bonds is 3. The smallest absolute Gasteiger partial charge is 0.416 e. The summed E-state index contributed by atoms with van der Waals surface area (Å²) >= 11 is 0. The van der Waals surface area contributed by atoms with Crippen LogP contribution in [0, 0.1) is 0 Å². The van der Waals surface area contributed by atoms with Gasteiger partial charge in [-0.05, 0) is 36.2 Å². The van der Waals surface area contributed by atoms with Gasteiger partial charge in [-0.2, -0.15) is 13.2 Å². The molecule has 0 aliphatic heterocycles. The van der Waals surface area contributed by atoms with Crippen molar-refractivity contribution >= 4 is 5.97 Å². The van der Waals surface area contributed by atoms with Crippen LogP contribution in [-0.4, -0.2) is 16.1 Å². The molecule has 1 aromatic carbocycles. The zero-order valence-corrected chi connectivity index (χ0v) is 11.1. The van der Waals surface area contributed by atoms with Gasteiger partial charge in [0.25, 0.3) is 0 Å². The van der Waals surface area contributed by atoms with Crippen molar-refractivity contribution in [3.63, 3.8) is 0 Å². The normalized spacial score (nSPS) is 13.0. The molecular formula is C15H12F3NO2. The number of carbonyl (C=O) groups is 1. The summed E-state index contributed by atoms with van der Waals surface area (Å²) in [6, 6.07) is 6.28. The molecule has 1 atom stereocenters. The minimum Gasteiger partial charge on any atom is -0.481 e. The Balaban J connectivity index is 2.34. The van der Waals surface area contributed by atoms with Crippen LogP contribution < -0.4 is 0 Å². The number of aromatic nitrogens is 1. The Morgan fingerprint density at radius 1 is 1.14 bits per heavy atom. The molecule has 0 saturated heterocycles. The van der Waals surface area contributed by atoms with Gasteiger partial charge in [-0.25, -0.2) is 0 Å². The van der Waals surface area contributed by atoms with E-state index in [9.17, 15) is 18.0 Å². The van der Waals surface area contributed by atoms with Crippen molar-refractivity contribution in [2.45, 2.75) is 19.0 Å². The first-order valence-corrected chi connectivity index (χ1v) is 6.14. The molecule has 0 spiro atoms. The second-order valence-electron chi connectivity index (χ2n) is 4.64. The Morgan fingerprint density at radius 3 is 2.29 bits per heavy atom. The van der Waals surface area contributed by atoms with Crippen LogP contribution >= 0.6 is 0 Å². The highest BCUT2D eigenvalue weighted by atomic mass is 19.4. The van der Waals surface area contributed by atoms with E-state index in [-0.39, 0.29) is 0 Å². The molecule has 0 fully saturated rings. The molecule has 1 aromatic heterocycles. The first kappa shape index (κ1) is 15.0. The standard InChI is InChI=1S/C15H12F3NO2/c1-9(14(20)21)11-6-12(8-19-7-11)10-2-4-13(5-3-10)15(16,17)18/h2-9H,1H3,(H,20,21). The van der Waals surface area contributed by atoms with Gasteiger partial charge in [0.15, 0.2) is 0 Å². The van der Waals surface area contributed by atoms with Crippen molar-refractivity contribution in [1.82, 2.24) is 4.98 Å². The zero-order chi connectivity index (χ0) is 15.6. The fourth-order valence-electron chi connectivity index (χ4n) is 1.85. The lowest BCUT2D eigenvalue weighted by Crippen LogP contribution is -2.07. The Morgan fingerprint density at radius 2 is 1.76 bits per heavy atom. The Kier molecular flexibility index (Phi) is 3.97. The Bertz CT molecular complexity index is 651. The van der Waals surface area contributed by atoms with Crippen LogP contribution in [0.5, 0.6) is 0 Å². The van der Waals surface area contributed by atoms with Gasteiger partial charge in [-0.15, -0.1) is 0 Å². The number of benzene rings is 1. The first-order valence-electron chi connectivity index (χ1n) is 6.14. The molecule has 3 nitrogen and oxygen atoms in total. The predicted octanol–water partition coefficient (Wildman–Crippen LogP) is 3.96. The van der Waals surface area contributed by atoms with Gasteiger partial charge in [0.2, 0.25) is 0 Å². The summed E-state index contributed by atoms with van der Waals surface area (Å²) in [7, 11) is 0. The number of halogens is 3. The lowest BCUT2D eigenvalue weighted by atomic mass is 9.98. The number of aliphatic carboxylic acids is 1. The highest BCUT2D eigenvalue weighted by molar-refractivity contribution is 5.76. The van der Waals surface area contributed by atoms with Gasteiger partial charge < -0.3 is 5.11 Å². The maximum Gasteiger partial charge on any atom is 0.416 e. The van der Waals surface area contributed by atoms with Crippen LogP contribution in [-0.2, 0) is 11.0 Å². The van der Waals surface area contributed by atoms with E-state index in [1.54, 1.807) is 6.07 Å². The van der Waals surface area contributed by atoms with Crippen LogP contribution in [0.15, 0.2) is 42.7 Å². The van der Waals surface area contributed by atoms with Gasteiger partial charge in [0.1, 0.15) is 0 Å². The van der Waals surface area contributed by atoms with Crippen molar-refractivity contribution in [2.75, 3.05) is 0 Å². The van der Waals surface area contributed by atoms with E-state index in [1.807, 2.05) is 0 Å². The molecule has 0 saturated carbocycles. The largest absolute Gasteiger partial charge is 0.481 e. The summed E-state index contributed by atoms with van der Waals surface area (Å²) in [4.78, 5) is 14.9. The van der Waals surface area contributed by atoms with Gasteiger partial charge in [0, 0.05) is 18.0 Å². The third-order valence-corrected chi connectivity index (χ3v) is 3.18. The summed E-state index contributed by atoms with van der Waals surface area (Å²) in [5.74, 6) is -1.71. The van der Waals surface area contributed by atoms with Gasteiger partial charge in [-0.1, -0.05) is 12.1 Å². The highest BCUT2D eigenvalue weighted by Crippen LogP contribution is 2.31. The lowest BCUT2D eigenvalue weighted by Gasteiger charge is -2.10. The molecule has 21 heavy (non-hydrogen) atoms. The number of hydrogen-bond donors (Lipinski definition) is 1. The summed E-state index contributed by atoms with van der Waals surface area (Å²) in [5.41, 5.74) is 0.901. The monoisotopic (exact) mass is 295 g/mol. The van der Waals surface area contributed by atoms with Crippen molar-refractivity contribution in [1.29, 1.82) is 0 Å². The van der Waals surface area contributed by atoms with E-state index >= 15 is 0 Å². The SMILES string of the molecule is CC(C(=O)O)c1cncc(-c2ccc(C(F)(F)F)cc2)c1. The molecule has 0 radical (unpaired) electrons. The predicted molar refractivity (Wildman–Crippen MR) is 70.7 cm³/mol. The van der Waals surface area contributed by atoms with Gasteiger partial charge in [0.05, 0.1) is 11.5 Å². The van der Waals surface area contributed by atoms with Crippen LogP contribution in [0.2, 0.25) is 0 Å². The van der Waals surface area contributed by atoms with Crippen molar-refractivity contribution in [3.05, 3.63) is 53.9 Å². The van der Waals surface area contributed by atoms with Crippen molar-refractivity contribution in [2.24, 2.45) is 0 Å². The molecule has 1 N–H and O–H groups in total. The fraction of sp³-hybridized carbons (Fsp3) is 0.200. The van der Waals surface area contributed by atoms with Crippen LogP contribution in [0.1, 0.15) is 24.0 Å². The topological polar surface area (TPSA) is 50.2 Å². The van der Waals surface area contributed by atoms with E-state index in [4.69, 9.17) is 5.11 Å². The molecule has 0 amide bonds. The average Bonchev–Trinajstić information content (AvgIpc) is 2.46. The minimum atomic E-state index is -4.38. The van der Waals surface area contributed by atoms with Gasteiger partial charge in [-0.3, -0.25) is 9.78 Å². The number of pyridine rings is 1. The first-order chi connectivity index (χ1) is 9.79. The second-order valence-corrected chi connectivity index (χ2v) is 4.64. The third kappa shape index (κ3) is 3.39. The van der Waals surface area contributed by atoms with E-state index in [0.29, 0.717) is 16.7 Å². The summed E-state index contributed by atoms with van der Waals surface area (Å²) in [5, 5.41) is 8.97. The molecule has 1 unspecified atom stereocenters. The third-order valence-electron chi connectivity index (χ3n) is 3.18. The number of hydrogen-bond acceptors (Lipinski definition) is 2. The molecule has 2 rings (SSSR count). The van der Waals surface area contributed by atoms with Gasteiger partial charge >= 0.3 is 12.1 Å². The second kappa shape index (κ2) is 5.55. The van der Waals surface area contributed by atoms with Crippen molar-refractivity contribution < 1.29 is 23.1 Å². The van der Waals surface area contributed by atoms with E-state index in [0.717, 1.165) is 12.1 Å². The molecule has 0 bridgehead atoms. The molecule has 1 heterocycles. The fourth-order valence-corrected chi connectivity index (χ4v) is 1.85. The van der Waals surface area contributed by atoms with Crippen molar-refractivity contribution in [3.8, 4) is 11.1 Å². The van der Waals surface area contributed by atoms with Crippen LogP contribution in [0.25, 0.3) is 11.1 Å². The van der Waals surface area contributed by atoms with E-state index in [1.165, 1.54) is 31.5 Å². The molecule has 0 aliphatic rings. The van der Waals surface area contributed by atoms with E-state index < -0.39 is 23.6 Å². The minimum absolute atomic E-state index is 0.500. The average molecular weight is 295 g/mol. The highest BCUT2D eigenvalue weighted by Gasteiger charge is 2.30. The number of alkyl halides is 3. The summed E-state index contributed by atoms with van der Waals surface area (Å²) < 4.78 is 37.5. The van der Waals surface area contributed by atoms with E-state index in [2.05, 4.69) is 4.98 Å². The zero-order valence-electron chi connectivity index (χ0n) is 11.1. The molecule has 2 aromatic rings. The maximum absolute atomic E-state index is 12.5. The molecule has 0 aliphatic carbocycles. The Labute approximate surface area is 119 Å². The quantitative estimate of drug-likeness (QED) is 0.932. The summed E-state index contributed by atoms with van der Waals surface area (Å²) in [6.45, 7) is 1.52. The molecule has 110 valence electrons. The number of nitrogens with zero attached hydrogens (tertiary/aromatic N) is 1. The number of carboxylic acid groups (broad SMARTS) is 1.